The summed E-state index contributed by atoms with van der Waals surface area (Å²) in [5, 5.41) is 0. The van der Waals surface area contributed by atoms with Crippen LogP contribution in [0.1, 0.15) is 31.8 Å². The van der Waals surface area contributed by atoms with Gasteiger partial charge in [-0.05, 0) is 24.0 Å². The fraction of sp³-hybridized carbons (Fsp3) is 0.548. The molecule has 0 atom stereocenters. The van der Waals surface area contributed by atoms with Gasteiger partial charge in [0.25, 0.3) is 0 Å². The van der Waals surface area contributed by atoms with Gasteiger partial charge in [0.05, 0.1) is 66.1 Å². The summed E-state index contributed by atoms with van der Waals surface area (Å²) in [6.45, 7) is 0.507. The van der Waals surface area contributed by atoms with E-state index < -0.39 is 67.9 Å². The topological polar surface area (TPSA) is 116 Å². The molecule has 2 aromatic carbocycles. The summed E-state index contributed by atoms with van der Waals surface area (Å²) >= 11 is 0. The van der Waals surface area contributed by atoms with Crippen LogP contribution < -0.4 is 0 Å². The molecule has 0 saturated carbocycles. The lowest BCUT2D eigenvalue weighted by atomic mass is 10.0. The number of phosphoric acid groups is 1. The maximum atomic E-state index is 13.4. The van der Waals surface area contributed by atoms with Crippen LogP contribution in [0.2, 0.25) is 0 Å². The zero-order valence-corrected chi connectivity index (χ0v) is 28.3. The van der Waals surface area contributed by atoms with E-state index in [1.54, 1.807) is 0 Å². The predicted molar refractivity (Wildman–Crippen MR) is 161 cm³/mol. The summed E-state index contributed by atoms with van der Waals surface area (Å²) in [4.78, 5) is 23.4. The largest absolute Gasteiger partial charge is 0.474 e. The third-order valence-corrected chi connectivity index (χ3v) is 8.14. The van der Waals surface area contributed by atoms with Gasteiger partial charge in [0, 0.05) is 18.2 Å². The first-order valence-corrected chi connectivity index (χ1v) is 16.6. The number of ether oxygens (including phenoxy) is 4. The summed E-state index contributed by atoms with van der Waals surface area (Å²) in [7, 11) is -2.87. The predicted octanol–water partition coefficient (Wildman–Crippen LogP) is 7.09. The highest BCUT2D eigenvalue weighted by Crippen LogP contribution is 2.49. The molecule has 21 heteroatoms. The highest BCUT2D eigenvalue weighted by atomic mass is 31.2. The van der Waals surface area contributed by atoms with Gasteiger partial charge in [-0.2, -0.15) is 43.9 Å². The van der Waals surface area contributed by atoms with Gasteiger partial charge in [-0.15, -0.1) is 0 Å². The van der Waals surface area contributed by atoms with Crippen LogP contribution in [0.15, 0.2) is 48.5 Å². The molecule has 294 valence electrons. The second-order valence-corrected chi connectivity index (χ2v) is 12.1. The fourth-order valence-corrected chi connectivity index (χ4v) is 4.97. The molecule has 0 bridgehead atoms. The van der Waals surface area contributed by atoms with E-state index in [2.05, 4.69) is 0 Å². The fourth-order valence-electron chi connectivity index (χ4n) is 3.82. The number of methoxy groups -OCH3 is 1. The average molecular weight is 789 g/mol. The van der Waals surface area contributed by atoms with E-state index in [1.807, 2.05) is 0 Å². The summed E-state index contributed by atoms with van der Waals surface area (Å²) in [5.41, 5.74) is -1.26. The molecule has 10 nitrogen and oxygen atoms in total. The van der Waals surface area contributed by atoms with Crippen molar-refractivity contribution in [2.24, 2.45) is 0 Å². The number of Topliss-reactive ketones (excluding diaryl/α,β-unsaturated/α-hetero) is 2. The van der Waals surface area contributed by atoms with E-state index in [0.717, 1.165) is 48.5 Å². The Kier molecular flexibility index (Phi) is 17.8. The van der Waals surface area contributed by atoms with Crippen molar-refractivity contribution in [2.75, 3.05) is 73.2 Å². The average Bonchev–Trinajstić information content (AvgIpc) is 3.07. The molecule has 52 heavy (non-hydrogen) atoms. The summed E-state index contributed by atoms with van der Waals surface area (Å²) in [6, 6.07) is 7.33. The Morgan fingerprint density at radius 3 is 1.13 bits per heavy atom. The van der Waals surface area contributed by atoms with Crippen LogP contribution >= 0.6 is 7.82 Å². The van der Waals surface area contributed by atoms with Gasteiger partial charge in [0.2, 0.25) is 11.6 Å². The zero-order valence-electron chi connectivity index (χ0n) is 27.4. The Balaban J connectivity index is 1.96. The van der Waals surface area contributed by atoms with Crippen LogP contribution in [-0.2, 0) is 49.9 Å². The molecule has 0 aliphatic carbocycles. The highest BCUT2D eigenvalue weighted by Gasteiger charge is 2.64. The van der Waals surface area contributed by atoms with Gasteiger partial charge in [-0.3, -0.25) is 23.2 Å². The van der Waals surface area contributed by atoms with Crippen molar-refractivity contribution in [3.05, 3.63) is 70.8 Å². The van der Waals surface area contributed by atoms with Crippen molar-refractivity contribution >= 4 is 19.4 Å². The molecule has 0 spiro atoms. The van der Waals surface area contributed by atoms with Crippen LogP contribution in [0.5, 0.6) is 0 Å². The van der Waals surface area contributed by atoms with Gasteiger partial charge >= 0.3 is 32.0 Å². The van der Waals surface area contributed by atoms with E-state index in [-0.39, 0.29) is 50.4 Å². The van der Waals surface area contributed by atoms with Gasteiger partial charge in [-0.25, -0.2) is 4.57 Å². The molecule has 0 aliphatic rings. The molecular formula is C31H35F10O10P. The number of phosphoric ester groups is 1. The Labute approximate surface area is 291 Å². The molecule has 0 N–H and O–H groups in total. The molecule has 2 rings (SSSR count). The number of carbonyl (C=O) groups is 2. The SMILES string of the molecule is COCCOCCOCCOCCOP(=O)(OCCc1ccc(C(=O)C(F)(F)C(F)(F)F)cc1)OCCc1ccc(C(=O)C(F)(F)C(F)(F)F)cc1. The molecule has 0 aromatic heterocycles. The van der Waals surface area contributed by atoms with Crippen molar-refractivity contribution in [3.63, 3.8) is 0 Å². The monoisotopic (exact) mass is 788 g/mol. The Bertz CT molecular complexity index is 1340. The smallest absolute Gasteiger partial charge is 0.382 e. The van der Waals surface area contributed by atoms with E-state index in [0.29, 0.717) is 26.4 Å². The lowest BCUT2D eigenvalue weighted by Crippen LogP contribution is -2.44. The van der Waals surface area contributed by atoms with E-state index in [9.17, 15) is 58.1 Å². The second-order valence-electron chi connectivity index (χ2n) is 10.5. The van der Waals surface area contributed by atoms with Gasteiger partial charge < -0.3 is 18.9 Å². The normalized spacial score (nSPS) is 13.1. The van der Waals surface area contributed by atoms with Gasteiger partial charge in [0.15, 0.2) is 0 Å². The van der Waals surface area contributed by atoms with E-state index in [1.165, 1.54) is 7.11 Å². The number of carbonyl (C=O) groups excluding carboxylic acids is 2. The Hall–Kier alpha value is -2.97. The first kappa shape index (κ1) is 45.2. The second kappa shape index (κ2) is 20.5. The van der Waals surface area contributed by atoms with Crippen LogP contribution in [0.3, 0.4) is 0 Å². The molecule has 0 aliphatic heterocycles. The van der Waals surface area contributed by atoms with Gasteiger partial charge in [-0.1, -0.05) is 48.5 Å². The van der Waals surface area contributed by atoms with Crippen molar-refractivity contribution in [1.29, 1.82) is 0 Å². The number of hydrogen-bond acceptors (Lipinski definition) is 10. The van der Waals surface area contributed by atoms with Crippen molar-refractivity contribution in [3.8, 4) is 0 Å². The number of hydrogen-bond donors (Lipinski definition) is 0. The molecule has 0 amide bonds. The third kappa shape index (κ3) is 14.1. The minimum atomic E-state index is -6.09. The molecule has 0 saturated heterocycles. The lowest BCUT2D eigenvalue weighted by molar-refractivity contribution is -0.256. The summed E-state index contributed by atoms with van der Waals surface area (Å²) in [6.07, 6.45) is -12.4. The first-order valence-electron chi connectivity index (χ1n) is 15.2. The number of rotatable bonds is 25. The minimum Gasteiger partial charge on any atom is -0.382 e. The molecule has 2 aromatic rings. The van der Waals surface area contributed by atoms with Crippen molar-refractivity contribution < 1.29 is 90.6 Å². The number of benzene rings is 2. The minimum absolute atomic E-state index is 0.109. The number of ketones is 2. The molecule has 0 fully saturated rings. The van der Waals surface area contributed by atoms with Crippen molar-refractivity contribution in [1.82, 2.24) is 0 Å². The zero-order chi connectivity index (χ0) is 39.1. The maximum absolute atomic E-state index is 13.4. The maximum Gasteiger partial charge on any atom is 0.474 e. The van der Waals surface area contributed by atoms with E-state index >= 15 is 0 Å². The summed E-state index contributed by atoms with van der Waals surface area (Å²) < 4.78 is 179. The number of alkyl halides is 10. The lowest BCUT2D eigenvalue weighted by Gasteiger charge is -2.19. The third-order valence-electron chi connectivity index (χ3n) is 6.65. The Morgan fingerprint density at radius 2 is 0.808 bits per heavy atom. The van der Waals surface area contributed by atoms with Crippen LogP contribution in [0, 0.1) is 0 Å². The molecular weight excluding hydrogens is 753 g/mol. The first-order chi connectivity index (χ1) is 24.2. The molecule has 0 radical (unpaired) electrons. The standard InChI is InChI=1S/C31H35F10O10P/c1-45-14-15-46-16-17-47-18-19-48-20-21-51-52(44,49-12-10-22-2-6-24(7-3-22)26(42)28(32,33)30(36,37)38)50-13-11-23-4-8-25(9-5-23)27(43)29(34,35)31(39,40)41/h2-9H,10-21H2,1H3. The van der Waals surface area contributed by atoms with Crippen LogP contribution in [0.25, 0.3) is 0 Å². The number of halogens is 10. The van der Waals surface area contributed by atoms with Gasteiger partial charge in [0.1, 0.15) is 0 Å². The quantitative estimate of drug-likeness (QED) is 0.0447. The molecule has 0 heterocycles. The van der Waals surface area contributed by atoms with E-state index in [4.69, 9.17) is 32.5 Å². The summed E-state index contributed by atoms with van der Waals surface area (Å²) in [5.74, 6) is -16.1. The van der Waals surface area contributed by atoms with Crippen LogP contribution in [-0.4, -0.2) is 109 Å². The molecule has 0 unspecified atom stereocenters. The van der Waals surface area contributed by atoms with Crippen molar-refractivity contribution in [2.45, 2.75) is 37.0 Å². The Morgan fingerprint density at radius 1 is 0.500 bits per heavy atom. The highest BCUT2D eigenvalue weighted by molar-refractivity contribution is 7.48. The van der Waals surface area contributed by atoms with Crippen LogP contribution in [0.4, 0.5) is 43.9 Å².